The molecule has 0 bridgehead atoms. The Morgan fingerprint density at radius 3 is 0.650 bits per heavy atom. The lowest BCUT2D eigenvalue weighted by molar-refractivity contribution is 0.415. The molecule has 0 aliphatic carbocycles. The molecule has 15 aromatic carbocycles. The van der Waals surface area contributed by atoms with E-state index in [0.717, 1.165) is 79.7 Å². The van der Waals surface area contributed by atoms with Crippen LogP contribution in [-0.4, -0.2) is 28.3 Å². The van der Waals surface area contributed by atoms with Gasteiger partial charge in [0.05, 0.1) is 7.11 Å². The maximum atomic E-state index is 5.29. The number of nitrogens with zero attached hydrogens (tertiary/aromatic N) is 6. The first-order chi connectivity index (χ1) is 50.6. The standard InChI is InChI=1S/C32H28N2O.2C32H28N2/c1-33(28-21-23-32(35-2)24-22-28)27-17-19-31(20-18-27)34(29-11-7-4-8-12-29)30-15-13-26(14-16-30)25-9-5-3-6-10-25;1-25-10-9-15-32(24-25)33(2)28-20-22-31(23-21-28)34(29-13-7-4-8-14-29)30-18-16-27(17-19-30)26-11-5-3-6-12-26;1-25-13-17-28(18-14-25)33(2)29-21-23-32(24-22-29)34(30-11-7-4-8-12-30)31-19-15-27(16-20-31)26-9-5-3-6-10-26/h3-24H,1-2H3;2*3-24H,1-2H3. The molecule has 15 rings (SSSR count). The molecule has 103 heavy (non-hydrogen) atoms. The van der Waals surface area contributed by atoms with Crippen LogP contribution < -0.4 is 34.1 Å². The van der Waals surface area contributed by atoms with Gasteiger partial charge in [0.2, 0.25) is 0 Å². The minimum absolute atomic E-state index is 0.856. The first-order valence-corrected chi connectivity index (χ1v) is 34.9. The molecule has 0 heterocycles. The fourth-order valence-electron chi connectivity index (χ4n) is 12.7. The minimum Gasteiger partial charge on any atom is -0.497 e. The van der Waals surface area contributed by atoms with Gasteiger partial charge in [-0.3, -0.25) is 0 Å². The van der Waals surface area contributed by atoms with Gasteiger partial charge in [-0.25, -0.2) is 0 Å². The average Bonchev–Trinajstić information content (AvgIpc) is 0.811. The summed E-state index contributed by atoms with van der Waals surface area (Å²) in [5, 5.41) is 0. The summed E-state index contributed by atoms with van der Waals surface area (Å²) in [6.07, 6.45) is 0. The molecule has 0 spiro atoms. The topological polar surface area (TPSA) is 28.7 Å². The number of rotatable bonds is 19. The lowest BCUT2D eigenvalue weighted by atomic mass is 10.0. The van der Waals surface area contributed by atoms with E-state index in [4.69, 9.17) is 4.74 Å². The van der Waals surface area contributed by atoms with Crippen LogP contribution >= 0.6 is 0 Å². The summed E-state index contributed by atoms with van der Waals surface area (Å²) >= 11 is 0. The van der Waals surface area contributed by atoms with Crippen LogP contribution in [0.4, 0.5) is 85.3 Å². The fourth-order valence-corrected chi connectivity index (χ4v) is 12.7. The van der Waals surface area contributed by atoms with Crippen LogP contribution in [0.5, 0.6) is 5.75 Å². The molecule has 0 atom stereocenters. The summed E-state index contributed by atoms with van der Waals surface area (Å²) in [5.41, 5.74) is 26.9. The molecular formula is C96H84N6O. The van der Waals surface area contributed by atoms with Crippen LogP contribution in [0.1, 0.15) is 11.1 Å². The second-order valence-electron chi connectivity index (χ2n) is 25.4. The summed E-state index contributed by atoms with van der Waals surface area (Å²) in [4.78, 5) is 13.5. The van der Waals surface area contributed by atoms with Crippen LogP contribution in [0.2, 0.25) is 0 Å². The lowest BCUT2D eigenvalue weighted by Crippen LogP contribution is -2.12. The maximum Gasteiger partial charge on any atom is 0.119 e. The van der Waals surface area contributed by atoms with E-state index in [1.165, 1.54) is 55.9 Å². The number of aryl methyl sites for hydroxylation is 2. The molecule has 0 amide bonds. The van der Waals surface area contributed by atoms with E-state index in [-0.39, 0.29) is 0 Å². The molecule has 7 heteroatoms. The van der Waals surface area contributed by atoms with Crippen molar-refractivity contribution in [2.75, 3.05) is 57.7 Å². The van der Waals surface area contributed by atoms with Crippen LogP contribution in [0.25, 0.3) is 33.4 Å². The largest absolute Gasteiger partial charge is 0.497 e. The molecule has 0 N–H and O–H groups in total. The van der Waals surface area contributed by atoms with Gasteiger partial charge in [0.1, 0.15) is 5.75 Å². The van der Waals surface area contributed by atoms with Crippen molar-refractivity contribution in [3.63, 3.8) is 0 Å². The molecule has 0 aliphatic heterocycles. The third-order valence-electron chi connectivity index (χ3n) is 18.5. The van der Waals surface area contributed by atoms with E-state index in [1.54, 1.807) is 7.11 Å². The Hall–Kier alpha value is -13.1. The molecule has 0 aliphatic rings. The highest BCUT2D eigenvalue weighted by molar-refractivity contribution is 5.83. The zero-order valence-electron chi connectivity index (χ0n) is 59.2. The molecule has 504 valence electrons. The summed E-state index contributed by atoms with van der Waals surface area (Å²) < 4.78 is 5.29. The molecule has 0 unspecified atom stereocenters. The molecule has 0 aromatic heterocycles. The van der Waals surface area contributed by atoms with Crippen molar-refractivity contribution in [1.29, 1.82) is 0 Å². The Morgan fingerprint density at radius 1 is 0.175 bits per heavy atom. The van der Waals surface area contributed by atoms with Gasteiger partial charge in [-0.15, -0.1) is 0 Å². The number of hydrogen-bond acceptors (Lipinski definition) is 7. The molecule has 15 aromatic rings. The highest BCUT2D eigenvalue weighted by Gasteiger charge is 2.18. The molecule has 0 fully saturated rings. The first kappa shape index (κ1) is 68.4. The zero-order valence-corrected chi connectivity index (χ0v) is 59.2. The third-order valence-corrected chi connectivity index (χ3v) is 18.5. The zero-order chi connectivity index (χ0) is 70.7. The van der Waals surface area contributed by atoms with E-state index in [1.807, 2.05) is 24.3 Å². The van der Waals surface area contributed by atoms with E-state index >= 15 is 0 Å². The molecule has 0 saturated heterocycles. The highest BCUT2D eigenvalue weighted by Crippen LogP contribution is 2.41. The normalized spacial score (nSPS) is 10.6. The van der Waals surface area contributed by atoms with Crippen LogP contribution in [0.15, 0.2) is 400 Å². The van der Waals surface area contributed by atoms with Crippen LogP contribution in [0, 0.1) is 13.8 Å². The number of benzene rings is 15. The average molecular weight is 1340 g/mol. The van der Waals surface area contributed by atoms with Crippen LogP contribution in [0.3, 0.4) is 0 Å². The van der Waals surface area contributed by atoms with Gasteiger partial charge in [-0.05, 0) is 247 Å². The van der Waals surface area contributed by atoms with Crippen molar-refractivity contribution < 1.29 is 4.74 Å². The van der Waals surface area contributed by atoms with Crippen molar-refractivity contribution in [3.8, 4) is 39.1 Å². The van der Waals surface area contributed by atoms with Crippen molar-refractivity contribution in [2.45, 2.75) is 13.8 Å². The van der Waals surface area contributed by atoms with Crippen molar-refractivity contribution in [2.24, 2.45) is 0 Å². The second kappa shape index (κ2) is 33.2. The summed E-state index contributed by atoms with van der Waals surface area (Å²) in [6, 6.07) is 141. The van der Waals surface area contributed by atoms with E-state index < -0.39 is 0 Å². The molecule has 7 nitrogen and oxygen atoms in total. The third kappa shape index (κ3) is 17.0. The van der Waals surface area contributed by atoms with Gasteiger partial charge in [0.15, 0.2) is 0 Å². The van der Waals surface area contributed by atoms with Crippen molar-refractivity contribution in [3.05, 3.63) is 412 Å². The van der Waals surface area contributed by atoms with E-state index in [9.17, 15) is 0 Å². The Kier molecular flexibility index (Phi) is 22.0. The van der Waals surface area contributed by atoms with Gasteiger partial charge in [-0.2, -0.15) is 0 Å². The van der Waals surface area contributed by atoms with Crippen molar-refractivity contribution >= 4 is 85.3 Å². The predicted molar refractivity (Wildman–Crippen MR) is 439 cm³/mol. The maximum absolute atomic E-state index is 5.29. The summed E-state index contributed by atoms with van der Waals surface area (Å²) in [7, 11) is 7.98. The Labute approximate surface area is 608 Å². The Balaban J connectivity index is 0.000000138. The van der Waals surface area contributed by atoms with Gasteiger partial charge >= 0.3 is 0 Å². The molecular weight excluding hydrogens is 1250 g/mol. The monoisotopic (exact) mass is 1340 g/mol. The predicted octanol–water partition coefficient (Wildman–Crippen LogP) is 26.4. The SMILES string of the molecule is COc1ccc(N(C)c2ccc(N(c3ccccc3)c3ccc(-c4ccccc4)cc3)cc2)cc1.Cc1ccc(N(C)c2ccc(N(c3ccccc3)c3ccc(-c4ccccc4)cc3)cc2)cc1.Cc1cccc(N(C)c2ccc(N(c3ccccc3)c3ccc(-c4ccccc4)cc3)cc2)c1. The minimum atomic E-state index is 0.856. The van der Waals surface area contributed by atoms with Gasteiger partial charge < -0.3 is 34.1 Å². The Morgan fingerprint density at radius 2 is 0.379 bits per heavy atom. The van der Waals surface area contributed by atoms with Gasteiger partial charge in [0.25, 0.3) is 0 Å². The number of hydrogen-bond donors (Lipinski definition) is 0. The first-order valence-electron chi connectivity index (χ1n) is 34.9. The van der Waals surface area contributed by atoms with Gasteiger partial charge in [-0.1, -0.05) is 212 Å². The van der Waals surface area contributed by atoms with Crippen molar-refractivity contribution in [1.82, 2.24) is 0 Å². The van der Waals surface area contributed by atoms with E-state index in [0.29, 0.717) is 0 Å². The number of para-hydroxylation sites is 3. The van der Waals surface area contributed by atoms with Gasteiger partial charge in [0, 0.05) is 106 Å². The molecule has 0 radical (unpaired) electrons. The quantitative estimate of drug-likeness (QED) is 0.0797. The number of methoxy groups -OCH3 is 1. The smallest absolute Gasteiger partial charge is 0.119 e. The number of ether oxygens (including phenoxy) is 1. The lowest BCUT2D eigenvalue weighted by Gasteiger charge is -2.27. The summed E-state index contributed by atoms with van der Waals surface area (Å²) in [5.74, 6) is 0.856. The molecule has 0 saturated carbocycles. The highest BCUT2D eigenvalue weighted by atomic mass is 16.5. The van der Waals surface area contributed by atoms with Crippen LogP contribution in [-0.2, 0) is 0 Å². The second-order valence-corrected chi connectivity index (χ2v) is 25.4. The number of anilines is 15. The van der Waals surface area contributed by atoms with E-state index in [2.05, 4.69) is 441 Å². The summed E-state index contributed by atoms with van der Waals surface area (Å²) in [6.45, 7) is 4.24. The Bertz CT molecular complexity index is 5050. The fraction of sp³-hybridized carbons (Fsp3) is 0.0625.